The molecular weight excluding hydrogens is 504 g/mol. The fraction of sp³-hybridized carbons (Fsp3) is 0.919. The van der Waals surface area contributed by atoms with Crippen molar-refractivity contribution in [3.63, 3.8) is 0 Å². The van der Waals surface area contributed by atoms with Crippen LogP contribution in [0.3, 0.4) is 0 Å². The Balaban J connectivity index is 3.89. The number of hydrogen-bond acceptors (Lipinski definition) is 3. The highest BCUT2D eigenvalue weighted by Gasteiger charge is 2.32. The summed E-state index contributed by atoms with van der Waals surface area (Å²) in [7, 11) is 0. The molecule has 244 valence electrons. The highest BCUT2D eigenvalue weighted by Crippen LogP contribution is 2.33. The van der Waals surface area contributed by atoms with Crippen molar-refractivity contribution in [2.75, 3.05) is 32.7 Å². The molecule has 0 amide bonds. The summed E-state index contributed by atoms with van der Waals surface area (Å²) in [5.41, 5.74) is 0.568. The van der Waals surface area contributed by atoms with Crippen LogP contribution in [0, 0.1) is 0 Å². The number of carboxylic acids is 1. The van der Waals surface area contributed by atoms with Crippen LogP contribution in [0.4, 0.5) is 0 Å². The van der Waals surface area contributed by atoms with Crippen LogP contribution in [0.5, 0.6) is 0 Å². The van der Waals surface area contributed by atoms with Crippen LogP contribution in [0.1, 0.15) is 182 Å². The van der Waals surface area contributed by atoms with Crippen molar-refractivity contribution >= 4 is 5.97 Å². The zero-order valence-electron chi connectivity index (χ0n) is 28.8. The van der Waals surface area contributed by atoms with Crippen LogP contribution in [0.2, 0.25) is 0 Å². The molecule has 0 aromatic carbocycles. The second-order valence-electron chi connectivity index (χ2n) is 12.8. The van der Waals surface area contributed by atoms with Gasteiger partial charge in [0.05, 0.1) is 0 Å². The van der Waals surface area contributed by atoms with Gasteiger partial charge in [-0.3, -0.25) is 4.90 Å². The van der Waals surface area contributed by atoms with E-state index in [-0.39, 0.29) is 5.54 Å². The third-order valence-corrected chi connectivity index (χ3v) is 9.54. The molecule has 0 aliphatic carbocycles. The van der Waals surface area contributed by atoms with Gasteiger partial charge in [0.2, 0.25) is 0 Å². The average Bonchev–Trinajstić information content (AvgIpc) is 2.97. The Hall–Kier alpha value is -0.870. The van der Waals surface area contributed by atoms with Gasteiger partial charge in [-0.25, -0.2) is 4.79 Å². The van der Waals surface area contributed by atoms with Crippen molar-refractivity contribution in [1.82, 2.24) is 9.80 Å². The summed E-state index contributed by atoms with van der Waals surface area (Å²) in [5, 5.41) is 9.16. The Bertz CT molecular complexity index is 596. The van der Waals surface area contributed by atoms with Gasteiger partial charge in [0.1, 0.15) is 0 Å². The van der Waals surface area contributed by atoms with Crippen LogP contribution in [0.25, 0.3) is 0 Å². The smallest absolute Gasteiger partial charge is 0.330 e. The van der Waals surface area contributed by atoms with Gasteiger partial charge in [-0.1, -0.05) is 138 Å². The molecule has 1 unspecified atom stereocenters. The zero-order chi connectivity index (χ0) is 30.6. The molecule has 1 N–H and O–H groups in total. The number of rotatable bonds is 32. The van der Waals surface area contributed by atoms with Crippen LogP contribution in [-0.4, -0.2) is 59.1 Å². The van der Waals surface area contributed by atoms with Gasteiger partial charge >= 0.3 is 5.97 Å². The minimum Gasteiger partial charge on any atom is -0.478 e. The van der Waals surface area contributed by atoms with Crippen LogP contribution in [0.15, 0.2) is 12.2 Å². The average molecular weight is 579 g/mol. The Kier molecular flexibility index (Phi) is 27.3. The van der Waals surface area contributed by atoms with Crippen molar-refractivity contribution in [3.8, 4) is 0 Å². The lowest BCUT2D eigenvalue weighted by atomic mass is 9.82. The maximum absolute atomic E-state index is 11.2. The van der Waals surface area contributed by atoms with E-state index in [4.69, 9.17) is 5.11 Å². The van der Waals surface area contributed by atoms with Crippen LogP contribution in [-0.2, 0) is 4.79 Å². The van der Waals surface area contributed by atoms with E-state index in [1.54, 1.807) is 0 Å². The molecule has 0 aromatic rings. The first-order valence-corrected chi connectivity index (χ1v) is 18.3. The third kappa shape index (κ3) is 20.6. The number of carboxylic acid groups (broad SMARTS) is 1. The fourth-order valence-corrected chi connectivity index (χ4v) is 6.66. The van der Waals surface area contributed by atoms with E-state index in [1.807, 2.05) is 0 Å². The van der Waals surface area contributed by atoms with E-state index in [9.17, 15) is 4.79 Å². The Morgan fingerprint density at radius 2 is 0.976 bits per heavy atom. The summed E-state index contributed by atoms with van der Waals surface area (Å²) < 4.78 is 0. The molecule has 0 rings (SSSR count). The van der Waals surface area contributed by atoms with Crippen molar-refractivity contribution in [3.05, 3.63) is 12.2 Å². The summed E-state index contributed by atoms with van der Waals surface area (Å²) in [5.74, 6) is -0.844. The van der Waals surface area contributed by atoms with Crippen molar-refractivity contribution < 1.29 is 9.90 Å². The van der Waals surface area contributed by atoms with Crippen LogP contribution < -0.4 is 0 Å². The quantitative estimate of drug-likeness (QED) is 0.0637. The van der Waals surface area contributed by atoms with Gasteiger partial charge in [-0.05, 0) is 84.1 Å². The molecule has 0 radical (unpaired) electrons. The van der Waals surface area contributed by atoms with E-state index in [1.165, 1.54) is 142 Å². The van der Waals surface area contributed by atoms with E-state index in [2.05, 4.69) is 51.0 Å². The lowest BCUT2D eigenvalue weighted by Gasteiger charge is -2.43. The molecule has 0 heterocycles. The first-order valence-electron chi connectivity index (χ1n) is 18.3. The second kappa shape index (κ2) is 27.9. The molecule has 4 heteroatoms. The molecule has 0 aromatic heterocycles. The fourth-order valence-electron chi connectivity index (χ4n) is 6.66. The summed E-state index contributed by atoms with van der Waals surface area (Å²) in [6, 6.07) is 0. The molecule has 1 atom stereocenters. The van der Waals surface area contributed by atoms with Gasteiger partial charge in [-0.2, -0.15) is 0 Å². The van der Waals surface area contributed by atoms with Gasteiger partial charge < -0.3 is 10.0 Å². The highest BCUT2D eigenvalue weighted by molar-refractivity contribution is 5.85. The Morgan fingerprint density at radius 3 is 1.37 bits per heavy atom. The lowest BCUT2D eigenvalue weighted by Crippen LogP contribution is -2.48. The minimum absolute atomic E-state index is 0.214. The predicted octanol–water partition coefficient (Wildman–Crippen LogP) is 11.0. The molecule has 0 spiro atoms. The number of nitrogens with zero attached hydrogens (tertiary/aromatic N) is 2. The molecule has 41 heavy (non-hydrogen) atoms. The van der Waals surface area contributed by atoms with Gasteiger partial charge in [0.25, 0.3) is 0 Å². The standard InChI is InChI=1S/C37H74N2O2/c1-7-12-32-38(33-13-8-2)34-27-25-23-21-19-17-15-14-16-18-20-22-24-26-30-37(9-3,39(10-4)11-5)31-28-29-35(6)36(40)41/h6-34H2,1-5H3,(H,40,41). The zero-order valence-corrected chi connectivity index (χ0v) is 28.8. The lowest BCUT2D eigenvalue weighted by molar-refractivity contribution is -0.132. The highest BCUT2D eigenvalue weighted by atomic mass is 16.4. The normalized spacial score (nSPS) is 13.2. The summed E-state index contributed by atoms with van der Waals surface area (Å²) in [6.07, 6.45) is 29.9. The maximum Gasteiger partial charge on any atom is 0.330 e. The molecule has 0 fully saturated rings. The third-order valence-electron chi connectivity index (χ3n) is 9.54. The molecule has 0 aliphatic heterocycles. The molecule has 0 bridgehead atoms. The molecule has 4 nitrogen and oxygen atoms in total. The number of carbonyl (C=O) groups is 1. The molecule has 0 aliphatic rings. The molecule has 0 saturated heterocycles. The van der Waals surface area contributed by atoms with Gasteiger partial charge in [0.15, 0.2) is 0 Å². The van der Waals surface area contributed by atoms with Crippen molar-refractivity contribution in [2.24, 2.45) is 0 Å². The van der Waals surface area contributed by atoms with Gasteiger partial charge in [-0.15, -0.1) is 0 Å². The predicted molar refractivity (Wildman–Crippen MR) is 182 cm³/mol. The first-order chi connectivity index (χ1) is 19.9. The molecule has 0 saturated carbocycles. The largest absolute Gasteiger partial charge is 0.478 e. The summed E-state index contributed by atoms with van der Waals surface area (Å²) in [4.78, 5) is 16.5. The summed E-state index contributed by atoms with van der Waals surface area (Å²) in [6.45, 7) is 21.3. The maximum atomic E-state index is 11.2. The first kappa shape index (κ1) is 40.1. The van der Waals surface area contributed by atoms with E-state index in [0.717, 1.165) is 32.4 Å². The van der Waals surface area contributed by atoms with E-state index in [0.29, 0.717) is 12.0 Å². The minimum atomic E-state index is -0.844. The monoisotopic (exact) mass is 579 g/mol. The number of hydrogen-bond donors (Lipinski definition) is 1. The van der Waals surface area contributed by atoms with E-state index < -0.39 is 5.97 Å². The second-order valence-corrected chi connectivity index (χ2v) is 12.8. The van der Waals surface area contributed by atoms with Crippen LogP contribution >= 0.6 is 0 Å². The SMILES string of the molecule is C=C(CCCC(CC)(CCCCCCCCCCCCCCCCN(CCCC)CCCC)N(CC)CC)C(=O)O. The van der Waals surface area contributed by atoms with E-state index >= 15 is 0 Å². The molecular formula is C37H74N2O2. The van der Waals surface area contributed by atoms with Crippen molar-refractivity contribution in [2.45, 2.75) is 188 Å². The number of aliphatic carboxylic acids is 1. The Labute approximate surface area is 258 Å². The Morgan fingerprint density at radius 1 is 0.585 bits per heavy atom. The summed E-state index contributed by atoms with van der Waals surface area (Å²) >= 11 is 0. The topological polar surface area (TPSA) is 43.8 Å². The van der Waals surface area contributed by atoms with Crippen molar-refractivity contribution in [1.29, 1.82) is 0 Å². The number of unbranched alkanes of at least 4 members (excludes halogenated alkanes) is 15. The van der Waals surface area contributed by atoms with Gasteiger partial charge in [0, 0.05) is 11.1 Å².